The third kappa shape index (κ3) is 3.05. The van der Waals surface area contributed by atoms with Gasteiger partial charge in [0.1, 0.15) is 0 Å². The Kier molecular flexibility index (Phi) is 4.53. The first-order chi connectivity index (χ1) is 10.6. The van der Waals surface area contributed by atoms with Crippen molar-refractivity contribution < 1.29 is 4.79 Å². The number of anilines is 1. The lowest BCUT2D eigenvalue weighted by molar-refractivity contribution is 0.0922. The van der Waals surface area contributed by atoms with E-state index >= 15 is 0 Å². The molecule has 3 N–H and O–H groups in total. The maximum Gasteiger partial charge on any atom is 0.179 e. The summed E-state index contributed by atoms with van der Waals surface area (Å²) in [5, 5.41) is 3.63. The predicted octanol–water partition coefficient (Wildman–Crippen LogP) is 3.64. The van der Waals surface area contributed by atoms with Crippen LogP contribution in [-0.4, -0.2) is 17.9 Å². The summed E-state index contributed by atoms with van der Waals surface area (Å²) in [6.45, 7) is 4.35. The molecule has 3 nitrogen and oxygen atoms in total. The zero-order valence-corrected chi connectivity index (χ0v) is 13.7. The van der Waals surface area contributed by atoms with E-state index in [0.717, 1.165) is 29.7 Å². The van der Waals surface area contributed by atoms with Gasteiger partial charge < -0.3 is 11.1 Å². The number of carbonyl (C=O) groups excluding carboxylic acids is 1. The van der Waals surface area contributed by atoms with Crippen LogP contribution in [0.25, 0.3) is 0 Å². The standard InChI is InChI=1S/C19H28N2O/c1-3-18(19(22)14-6-8-16(20)9-7-14)21-12(2)17-11-13-4-5-15(17)10-13/h6-9,12-13,15,17-18,21H,3-5,10-11,20H2,1-2H3. The molecule has 0 amide bonds. The highest BCUT2D eigenvalue weighted by Gasteiger charge is 2.42. The largest absolute Gasteiger partial charge is 0.399 e. The fourth-order valence-corrected chi connectivity index (χ4v) is 4.57. The number of nitrogens with two attached hydrogens (primary N) is 1. The van der Waals surface area contributed by atoms with Crippen LogP contribution in [-0.2, 0) is 0 Å². The van der Waals surface area contributed by atoms with Crippen LogP contribution in [0.3, 0.4) is 0 Å². The maximum atomic E-state index is 12.7. The fraction of sp³-hybridized carbons (Fsp3) is 0.632. The van der Waals surface area contributed by atoms with Crippen molar-refractivity contribution in [3.8, 4) is 0 Å². The number of hydrogen-bond donors (Lipinski definition) is 2. The molecule has 120 valence electrons. The molecular weight excluding hydrogens is 272 g/mol. The lowest BCUT2D eigenvalue weighted by Crippen LogP contribution is -2.46. The summed E-state index contributed by atoms with van der Waals surface area (Å²) in [5.74, 6) is 2.79. The maximum absolute atomic E-state index is 12.7. The van der Waals surface area contributed by atoms with E-state index in [0.29, 0.717) is 11.7 Å². The molecule has 2 saturated carbocycles. The minimum absolute atomic E-state index is 0.0854. The van der Waals surface area contributed by atoms with Crippen molar-refractivity contribution in [3.63, 3.8) is 0 Å². The van der Waals surface area contributed by atoms with Crippen LogP contribution >= 0.6 is 0 Å². The first-order valence-electron chi connectivity index (χ1n) is 8.74. The molecule has 0 spiro atoms. The van der Waals surface area contributed by atoms with E-state index in [9.17, 15) is 4.79 Å². The Morgan fingerprint density at radius 1 is 1.27 bits per heavy atom. The summed E-state index contributed by atoms with van der Waals surface area (Å²) in [7, 11) is 0. The van der Waals surface area contributed by atoms with Crippen LogP contribution < -0.4 is 11.1 Å². The molecule has 3 rings (SSSR count). The van der Waals surface area contributed by atoms with Gasteiger partial charge in [-0.05, 0) is 74.6 Å². The summed E-state index contributed by atoms with van der Waals surface area (Å²) in [6.07, 6.45) is 6.42. The number of nitrogens with one attached hydrogen (secondary N) is 1. The normalized spacial score (nSPS) is 29.5. The molecule has 5 unspecified atom stereocenters. The third-order valence-electron chi connectivity index (χ3n) is 5.82. The topological polar surface area (TPSA) is 55.1 Å². The Morgan fingerprint density at radius 2 is 2.00 bits per heavy atom. The van der Waals surface area contributed by atoms with Gasteiger partial charge in [0.05, 0.1) is 6.04 Å². The van der Waals surface area contributed by atoms with Crippen molar-refractivity contribution in [2.45, 2.75) is 58.0 Å². The number of nitrogen functional groups attached to an aromatic ring is 1. The predicted molar refractivity (Wildman–Crippen MR) is 90.8 cm³/mol. The Hall–Kier alpha value is -1.35. The van der Waals surface area contributed by atoms with Gasteiger partial charge in [0.25, 0.3) is 0 Å². The first kappa shape index (κ1) is 15.5. The smallest absolute Gasteiger partial charge is 0.179 e. The number of Topliss-reactive ketones (excluding diaryl/α,β-unsaturated/α-hetero) is 1. The van der Waals surface area contributed by atoms with E-state index in [1.165, 1.54) is 25.7 Å². The molecule has 0 heterocycles. The van der Waals surface area contributed by atoms with Gasteiger partial charge in [-0.1, -0.05) is 13.3 Å². The van der Waals surface area contributed by atoms with Gasteiger partial charge in [0.15, 0.2) is 5.78 Å². The summed E-state index contributed by atoms with van der Waals surface area (Å²) < 4.78 is 0. The van der Waals surface area contributed by atoms with Gasteiger partial charge in [0, 0.05) is 17.3 Å². The highest BCUT2D eigenvalue weighted by atomic mass is 16.1. The molecule has 2 aliphatic carbocycles. The second-order valence-corrected chi connectivity index (χ2v) is 7.24. The summed E-state index contributed by atoms with van der Waals surface area (Å²) in [5.41, 5.74) is 7.17. The zero-order valence-electron chi connectivity index (χ0n) is 13.7. The van der Waals surface area contributed by atoms with Crippen LogP contribution in [0.5, 0.6) is 0 Å². The third-order valence-corrected chi connectivity index (χ3v) is 5.82. The first-order valence-corrected chi connectivity index (χ1v) is 8.74. The molecule has 0 saturated heterocycles. The Labute approximate surface area is 133 Å². The van der Waals surface area contributed by atoms with E-state index in [2.05, 4.69) is 19.2 Å². The SMILES string of the molecule is CCC(NC(C)C1CC2CCC1C2)C(=O)c1ccc(N)cc1. The number of hydrogen-bond acceptors (Lipinski definition) is 3. The molecule has 1 aromatic carbocycles. The number of fused-ring (bicyclic) bond motifs is 2. The molecule has 22 heavy (non-hydrogen) atoms. The molecule has 2 fully saturated rings. The number of benzene rings is 1. The van der Waals surface area contributed by atoms with Crippen molar-refractivity contribution in [1.82, 2.24) is 5.32 Å². The monoisotopic (exact) mass is 300 g/mol. The van der Waals surface area contributed by atoms with Gasteiger partial charge in [0.2, 0.25) is 0 Å². The Morgan fingerprint density at radius 3 is 2.55 bits per heavy atom. The van der Waals surface area contributed by atoms with Crippen LogP contribution in [0.4, 0.5) is 5.69 Å². The minimum Gasteiger partial charge on any atom is -0.399 e. The summed E-state index contributed by atoms with van der Waals surface area (Å²) in [4.78, 5) is 12.7. The van der Waals surface area contributed by atoms with Gasteiger partial charge in [-0.25, -0.2) is 0 Å². The highest BCUT2D eigenvalue weighted by molar-refractivity contribution is 6.00. The molecular formula is C19H28N2O. The van der Waals surface area contributed by atoms with Gasteiger partial charge in [-0.15, -0.1) is 0 Å². The van der Waals surface area contributed by atoms with E-state index < -0.39 is 0 Å². The highest BCUT2D eigenvalue weighted by Crippen LogP contribution is 2.49. The quantitative estimate of drug-likeness (QED) is 0.623. The molecule has 5 atom stereocenters. The Balaban J connectivity index is 1.63. The minimum atomic E-state index is -0.0854. The molecule has 1 aromatic rings. The van der Waals surface area contributed by atoms with Crippen molar-refractivity contribution in [1.29, 1.82) is 0 Å². The van der Waals surface area contributed by atoms with Gasteiger partial charge in [-0.3, -0.25) is 4.79 Å². The van der Waals surface area contributed by atoms with E-state index in [1.54, 1.807) is 12.1 Å². The van der Waals surface area contributed by atoms with Gasteiger partial charge >= 0.3 is 0 Å². The molecule has 2 aliphatic rings. The van der Waals surface area contributed by atoms with Crippen LogP contribution in [0.2, 0.25) is 0 Å². The number of ketones is 1. The van der Waals surface area contributed by atoms with Crippen molar-refractivity contribution >= 4 is 11.5 Å². The van der Waals surface area contributed by atoms with Crippen molar-refractivity contribution in [3.05, 3.63) is 29.8 Å². The van der Waals surface area contributed by atoms with E-state index in [-0.39, 0.29) is 11.8 Å². The molecule has 2 bridgehead atoms. The average molecular weight is 300 g/mol. The second kappa shape index (κ2) is 6.41. The van der Waals surface area contributed by atoms with Crippen LogP contribution in [0, 0.1) is 17.8 Å². The van der Waals surface area contributed by atoms with Crippen LogP contribution in [0.1, 0.15) is 56.3 Å². The second-order valence-electron chi connectivity index (χ2n) is 7.24. The lowest BCUT2D eigenvalue weighted by Gasteiger charge is -2.31. The van der Waals surface area contributed by atoms with Crippen molar-refractivity contribution in [2.75, 3.05) is 5.73 Å². The van der Waals surface area contributed by atoms with E-state index in [1.807, 2.05) is 12.1 Å². The average Bonchev–Trinajstić information content (AvgIpc) is 3.15. The summed E-state index contributed by atoms with van der Waals surface area (Å²) in [6, 6.07) is 7.63. The number of carbonyl (C=O) groups is 1. The molecule has 0 aliphatic heterocycles. The van der Waals surface area contributed by atoms with E-state index in [4.69, 9.17) is 5.73 Å². The molecule has 0 aromatic heterocycles. The zero-order chi connectivity index (χ0) is 15.7. The molecule has 3 heteroatoms. The fourth-order valence-electron chi connectivity index (χ4n) is 4.57. The summed E-state index contributed by atoms with van der Waals surface area (Å²) >= 11 is 0. The van der Waals surface area contributed by atoms with Crippen molar-refractivity contribution in [2.24, 2.45) is 17.8 Å². The number of rotatable bonds is 6. The van der Waals surface area contributed by atoms with Gasteiger partial charge in [-0.2, -0.15) is 0 Å². The molecule has 0 radical (unpaired) electrons. The Bertz CT molecular complexity index is 525. The van der Waals surface area contributed by atoms with Crippen LogP contribution in [0.15, 0.2) is 24.3 Å². The lowest BCUT2D eigenvalue weighted by atomic mass is 9.83.